The summed E-state index contributed by atoms with van der Waals surface area (Å²) < 4.78 is 5.42. The van der Waals surface area contributed by atoms with E-state index in [4.69, 9.17) is 4.74 Å². The minimum Gasteiger partial charge on any atom is -0.496 e. The molecule has 3 amide bonds. The molecule has 0 saturated carbocycles. The average molecular weight is 329 g/mol. The van der Waals surface area contributed by atoms with Gasteiger partial charge in [-0.2, -0.15) is 0 Å². The van der Waals surface area contributed by atoms with Crippen LogP contribution in [0.2, 0.25) is 0 Å². The molecule has 0 radical (unpaired) electrons. The second-order valence-electron chi connectivity index (χ2n) is 6.62. The lowest BCUT2D eigenvalue weighted by atomic mass is 9.95. The highest BCUT2D eigenvalue weighted by atomic mass is 16.5. The minimum atomic E-state index is -0.482. The Morgan fingerprint density at radius 1 is 1.29 bits per heavy atom. The SMILES string of the molecule is COc1ccccc1[C@@H]1NC(=O)N(C)C2=C1C(=O)N(CC(C)C)C2. The fourth-order valence-corrected chi connectivity index (χ4v) is 3.35. The molecular weight excluding hydrogens is 306 g/mol. The second kappa shape index (κ2) is 6.19. The number of methoxy groups -OCH3 is 1. The number of urea groups is 1. The van der Waals surface area contributed by atoms with E-state index in [1.54, 1.807) is 19.1 Å². The van der Waals surface area contributed by atoms with Crippen molar-refractivity contribution in [1.29, 1.82) is 0 Å². The van der Waals surface area contributed by atoms with Crippen LogP contribution in [0.4, 0.5) is 4.79 Å². The van der Waals surface area contributed by atoms with Gasteiger partial charge in [-0.3, -0.25) is 9.69 Å². The molecule has 0 bridgehead atoms. The molecule has 2 aliphatic rings. The summed E-state index contributed by atoms with van der Waals surface area (Å²) in [5, 5.41) is 2.93. The zero-order valence-electron chi connectivity index (χ0n) is 14.5. The summed E-state index contributed by atoms with van der Waals surface area (Å²) in [6.07, 6.45) is 0. The van der Waals surface area contributed by atoms with E-state index in [0.29, 0.717) is 30.3 Å². The zero-order valence-corrected chi connectivity index (χ0v) is 14.5. The third-order valence-electron chi connectivity index (χ3n) is 4.47. The van der Waals surface area contributed by atoms with Crippen molar-refractivity contribution in [2.24, 2.45) is 5.92 Å². The summed E-state index contributed by atoms with van der Waals surface area (Å²) >= 11 is 0. The molecule has 3 rings (SSSR count). The summed E-state index contributed by atoms with van der Waals surface area (Å²) in [6.45, 7) is 5.30. The van der Waals surface area contributed by atoms with Gasteiger partial charge in [-0.1, -0.05) is 32.0 Å². The Kier molecular flexibility index (Phi) is 4.22. The Bertz CT molecular complexity index is 711. The van der Waals surface area contributed by atoms with Crippen molar-refractivity contribution in [3.63, 3.8) is 0 Å². The smallest absolute Gasteiger partial charge is 0.322 e. The summed E-state index contributed by atoms with van der Waals surface area (Å²) in [7, 11) is 3.29. The van der Waals surface area contributed by atoms with E-state index >= 15 is 0 Å². The molecule has 0 spiro atoms. The standard InChI is InChI=1S/C18H23N3O3/c1-11(2)9-21-10-13-15(17(21)22)16(19-18(23)20(13)3)12-7-5-6-8-14(12)24-4/h5-8,11,16H,9-10H2,1-4H3,(H,19,23)/t16-/m0/s1. The number of benzene rings is 1. The van der Waals surface area contributed by atoms with Crippen LogP contribution >= 0.6 is 0 Å². The summed E-state index contributed by atoms with van der Waals surface area (Å²) in [4.78, 5) is 28.7. The van der Waals surface area contributed by atoms with Crippen molar-refractivity contribution in [2.45, 2.75) is 19.9 Å². The van der Waals surface area contributed by atoms with Crippen molar-refractivity contribution in [1.82, 2.24) is 15.1 Å². The summed E-state index contributed by atoms with van der Waals surface area (Å²) in [5.41, 5.74) is 2.22. The second-order valence-corrected chi connectivity index (χ2v) is 6.62. The van der Waals surface area contributed by atoms with E-state index in [-0.39, 0.29) is 11.9 Å². The van der Waals surface area contributed by atoms with Crippen molar-refractivity contribution in [2.75, 3.05) is 27.2 Å². The maximum Gasteiger partial charge on any atom is 0.322 e. The third kappa shape index (κ3) is 2.62. The molecule has 1 aromatic carbocycles. The number of hydrogen-bond donors (Lipinski definition) is 1. The molecular formula is C18H23N3O3. The molecule has 0 unspecified atom stereocenters. The first-order chi connectivity index (χ1) is 11.4. The molecule has 24 heavy (non-hydrogen) atoms. The lowest BCUT2D eigenvalue weighted by molar-refractivity contribution is -0.126. The number of hydrogen-bond acceptors (Lipinski definition) is 3. The van der Waals surface area contributed by atoms with Gasteiger partial charge in [0.2, 0.25) is 0 Å². The molecule has 6 nitrogen and oxygen atoms in total. The van der Waals surface area contributed by atoms with Gasteiger partial charge in [0.05, 0.1) is 31.0 Å². The summed E-state index contributed by atoms with van der Waals surface area (Å²) in [5.74, 6) is 1.02. The van der Waals surface area contributed by atoms with Crippen LogP contribution in [0.3, 0.4) is 0 Å². The lowest BCUT2D eigenvalue weighted by Crippen LogP contribution is -2.45. The van der Waals surface area contributed by atoms with Gasteiger partial charge in [-0.15, -0.1) is 0 Å². The quantitative estimate of drug-likeness (QED) is 0.920. The summed E-state index contributed by atoms with van der Waals surface area (Å²) in [6, 6.07) is 6.79. The highest BCUT2D eigenvalue weighted by Gasteiger charge is 2.43. The van der Waals surface area contributed by atoms with Gasteiger partial charge in [0, 0.05) is 19.2 Å². The number of ether oxygens (including phenoxy) is 1. The van der Waals surface area contributed by atoms with E-state index < -0.39 is 6.04 Å². The third-order valence-corrected chi connectivity index (χ3v) is 4.47. The maximum absolute atomic E-state index is 13.0. The average Bonchev–Trinajstić information content (AvgIpc) is 2.87. The molecule has 1 atom stereocenters. The highest BCUT2D eigenvalue weighted by molar-refractivity contribution is 6.01. The topological polar surface area (TPSA) is 61.9 Å². The minimum absolute atomic E-state index is 0.0125. The van der Waals surface area contributed by atoms with Crippen LogP contribution in [0.15, 0.2) is 35.5 Å². The van der Waals surface area contributed by atoms with Crippen LogP contribution in [-0.2, 0) is 4.79 Å². The molecule has 2 aliphatic heterocycles. The van der Waals surface area contributed by atoms with E-state index in [2.05, 4.69) is 19.2 Å². The van der Waals surface area contributed by atoms with E-state index in [9.17, 15) is 9.59 Å². The fourth-order valence-electron chi connectivity index (χ4n) is 3.35. The lowest BCUT2D eigenvalue weighted by Gasteiger charge is -2.31. The Morgan fingerprint density at radius 2 is 2.00 bits per heavy atom. The van der Waals surface area contributed by atoms with Crippen molar-refractivity contribution >= 4 is 11.9 Å². The fraction of sp³-hybridized carbons (Fsp3) is 0.444. The Hall–Kier alpha value is -2.50. The molecule has 1 aromatic rings. The monoisotopic (exact) mass is 329 g/mol. The van der Waals surface area contributed by atoms with Crippen LogP contribution in [-0.4, -0.2) is 49.0 Å². The molecule has 2 heterocycles. The Balaban J connectivity index is 2.04. The van der Waals surface area contributed by atoms with Gasteiger partial charge >= 0.3 is 6.03 Å². The zero-order chi connectivity index (χ0) is 17.4. The first-order valence-electron chi connectivity index (χ1n) is 8.13. The van der Waals surface area contributed by atoms with Gasteiger partial charge in [0.25, 0.3) is 5.91 Å². The van der Waals surface area contributed by atoms with Crippen LogP contribution in [0.5, 0.6) is 5.75 Å². The Morgan fingerprint density at radius 3 is 2.67 bits per heavy atom. The van der Waals surface area contributed by atoms with Gasteiger partial charge in [0.1, 0.15) is 5.75 Å². The normalized spacial score (nSPS) is 20.6. The maximum atomic E-state index is 13.0. The van der Waals surface area contributed by atoms with E-state index in [0.717, 1.165) is 11.3 Å². The number of amides is 3. The number of nitrogens with one attached hydrogen (secondary N) is 1. The molecule has 0 aromatic heterocycles. The number of carbonyl (C=O) groups is 2. The number of rotatable bonds is 4. The molecule has 0 saturated heterocycles. The van der Waals surface area contributed by atoms with Crippen molar-refractivity contribution < 1.29 is 14.3 Å². The molecule has 128 valence electrons. The number of likely N-dealkylation sites (N-methyl/N-ethyl adjacent to an activating group) is 1. The molecule has 0 aliphatic carbocycles. The van der Waals surface area contributed by atoms with Crippen LogP contribution in [0.25, 0.3) is 0 Å². The van der Waals surface area contributed by atoms with Crippen molar-refractivity contribution in [3.8, 4) is 5.75 Å². The van der Waals surface area contributed by atoms with E-state index in [1.807, 2.05) is 29.2 Å². The largest absolute Gasteiger partial charge is 0.496 e. The predicted octanol–water partition coefficient (Wildman–Crippen LogP) is 2.14. The predicted molar refractivity (Wildman–Crippen MR) is 90.5 cm³/mol. The molecule has 6 heteroatoms. The number of nitrogens with zero attached hydrogens (tertiary/aromatic N) is 2. The number of carbonyl (C=O) groups excluding carboxylic acids is 2. The van der Waals surface area contributed by atoms with Gasteiger partial charge < -0.3 is 15.0 Å². The van der Waals surface area contributed by atoms with Crippen LogP contribution in [0.1, 0.15) is 25.5 Å². The Labute approximate surface area is 142 Å². The van der Waals surface area contributed by atoms with E-state index in [1.165, 1.54) is 0 Å². The van der Waals surface area contributed by atoms with Gasteiger partial charge in [0.15, 0.2) is 0 Å². The van der Waals surface area contributed by atoms with Crippen molar-refractivity contribution in [3.05, 3.63) is 41.1 Å². The van der Waals surface area contributed by atoms with Gasteiger partial charge in [-0.05, 0) is 12.0 Å². The molecule has 0 fully saturated rings. The van der Waals surface area contributed by atoms with Crippen LogP contribution in [0, 0.1) is 5.92 Å². The first kappa shape index (κ1) is 16.4. The molecule has 1 N–H and O–H groups in total. The highest BCUT2D eigenvalue weighted by Crippen LogP contribution is 2.38. The van der Waals surface area contributed by atoms with Gasteiger partial charge in [-0.25, -0.2) is 4.79 Å². The van der Waals surface area contributed by atoms with Crippen LogP contribution < -0.4 is 10.1 Å². The number of para-hydroxylation sites is 1. The first-order valence-corrected chi connectivity index (χ1v) is 8.13.